The van der Waals surface area contributed by atoms with Gasteiger partial charge < -0.3 is 9.64 Å². The monoisotopic (exact) mass is 325 g/mol. The number of aromatic nitrogens is 2. The Morgan fingerprint density at radius 1 is 1.50 bits per heavy atom. The van der Waals surface area contributed by atoms with Crippen LogP contribution in [0.15, 0.2) is 17.4 Å². The first-order chi connectivity index (χ1) is 10.3. The molecule has 22 heavy (non-hydrogen) atoms. The van der Waals surface area contributed by atoms with E-state index in [0.717, 1.165) is 18.5 Å². The molecule has 1 saturated heterocycles. The van der Waals surface area contributed by atoms with Crippen molar-refractivity contribution in [2.75, 3.05) is 12.3 Å². The largest absolute Gasteiger partial charge is 0.444 e. The van der Waals surface area contributed by atoms with Gasteiger partial charge in [-0.2, -0.15) is 0 Å². The molecule has 0 N–H and O–H groups in total. The van der Waals surface area contributed by atoms with E-state index >= 15 is 0 Å². The summed E-state index contributed by atoms with van der Waals surface area (Å²) in [5.74, 6) is 0.350. The highest BCUT2D eigenvalue weighted by atomic mass is 32.2. The summed E-state index contributed by atoms with van der Waals surface area (Å²) in [6.45, 7) is 8.01. The van der Waals surface area contributed by atoms with Gasteiger partial charge in [0, 0.05) is 24.5 Å². The second kappa shape index (κ2) is 6.73. The summed E-state index contributed by atoms with van der Waals surface area (Å²) in [6.07, 6.45) is 3.00. The van der Waals surface area contributed by atoms with Gasteiger partial charge in [0.2, 0.25) is 5.16 Å². The van der Waals surface area contributed by atoms with Crippen molar-refractivity contribution in [2.24, 2.45) is 0 Å². The highest BCUT2D eigenvalue weighted by Crippen LogP contribution is 2.22. The van der Waals surface area contributed by atoms with E-state index in [1.165, 1.54) is 0 Å². The summed E-state index contributed by atoms with van der Waals surface area (Å²) in [5.41, 5.74) is 0.261. The standard InChI is InChI=1S/C15H23N3O3S/c1-11-7-8-16-13(17-11)22(20)10-12-6-5-9-18(12)14(19)21-15(2,3)4/h7-8,12H,5-6,9-10H2,1-4H3/t12-,22+/m0/s1. The second-order valence-corrected chi connectivity index (χ2v) is 7.85. The van der Waals surface area contributed by atoms with Crippen LogP contribution in [0.25, 0.3) is 0 Å². The number of hydrogen-bond acceptors (Lipinski definition) is 5. The molecular weight excluding hydrogens is 302 g/mol. The van der Waals surface area contributed by atoms with Crippen LogP contribution in [-0.2, 0) is 15.5 Å². The molecule has 7 heteroatoms. The number of nitrogens with zero attached hydrogens (tertiary/aromatic N) is 3. The number of ether oxygens (including phenoxy) is 1. The van der Waals surface area contributed by atoms with Crippen molar-refractivity contribution in [3.8, 4) is 0 Å². The van der Waals surface area contributed by atoms with E-state index in [1.54, 1.807) is 17.2 Å². The Hall–Kier alpha value is -1.50. The van der Waals surface area contributed by atoms with Crippen LogP contribution in [0.4, 0.5) is 4.79 Å². The molecule has 1 fully saturated rings. The number of aryl methyl sites for hydroxylation is 1. The van der Waals surface area contributed by atoms with Gasteiger partial charge in [-0.1, -0.05) is 0 Å². The zero-order chi connectivity index (χ0) is 16.3. The second-order valence-electron chi connectivity index (χ2n) is 6.46. The van der Waals surface area contributed by atoms with E-state index in [9.17, 15) is 9.00 Å². The topological polar surface area (TPSA) is 72.4 Å². The van der Waals surface area contributed by atoms with Crippen LogP contribution < -0.4 is 0 Å². The van der Waals surface area contributed by atoms with Crippen molar-refractivity contribution >= 4 is 16.9 Å². The first kappa shape index (κ1) is 16.9. The van der Waals surface area contributed by atoms with E-state index in [-0.39, 0.29) is 12.1 Å². The van der Waals surface area contributed by atoms with Crippen molar-refractivity contribution in [3.05, 3.63) is 18.0 Å². The maximum Gasteiger partial charge on any atom is 0.410 e. The minimum absolute atomic E-state index is 0.0835. The van der Waals surface area contributed by atoms with Crippen molar-refractivity contribution in [1.29, 1.82) is 0 Å². The van der Waals surface area contributed by atoms with Gasteiger partial charge in [0.25, 0.3) is 0 Å². The van der Waals surface area contributed by atoms with Gasteiger partial charge in [-0.25, -0.2) is 14.8 Å². The molecule has 0 aromatic carbocycles. The summed E-state index contributed by atoms with van der Waals surface area (Å²) in [4.78, 5) is 22.2. The Bertz CT molecular complexity index is 571. The first-order valence-electron chi connectivity index (χ1n) is 7.44. The Morgan fingerprint density at radius 3 is 2.86 bits per heavy atom. The van der Waals surface area contributed by atoms with Gasteiger partial charge in [0.1, 0.15) is 5.60 Å². The number of likely N-dealkylation sites (tertiary alicyclic amines) is 1. The first-order valence-corrected chi connectivity index (χ1v) is 8.76. The number of rotatable bonds is 3. The summed E-state index contributed by atoms with van der Waals surface area (Å²) in [6, 6.07) is 1.68. The lowest BCUT2D eigenvalue weighted by Crippen LogP contribution is -2.42. The third-order valence-corrected chi connectivity index (χ3v) is 4.62. The van der Waals surface area contributed by atoms with E-state index in [1.807, 2.05) is 27.7 Å². The van der Waals surface area contributed by atoms with Crippen molar-refractivity contribution in [3.63, 3.8) is 0 Å². The van der Waals surface area contributed by atoms with Gasteiger partial charge in [-0.3, -0.25) is 4.21 Å². The predicted octanol–water partition coefficient (Wildman–Crippen LogP) is 2.29. The molecule has 1 aromatic rings. The molecule has 0 aliphatic carbocycles. The van der Waals surface area contributed by atoms with Crippen LogP contribution in [0.2, 0.25) is 0 Å². The van der Waals surface area contributed by atoms with Crippen molar-refractivity contribution in [1.82, 2.24) is 14.9 Å². The molecule has 0 radical (unpaired) electrons. The SMILES string of the molecule is Cc1ccnc([S@](=O)C[C@@H]2CCCN2C(=O)OC(C)(C)C)n1. The van der Waals surface area contributed by atoms with Gasteiger partial charge in [0.15, 0.2) is 0 Å². The molecule has 1 amide bonds. The zero-order valence-corrected chi connectivity index (χ0v) is 14.4. The number of amides is 1. The molecule has 2 rings (SSSR count). The molecule has 1 aliphatic rings. The third-order valence-electron chi connectivity index (χ3n) is 3.33. The van der Waals surface area contributed by atoms with E-state index in [0.29, 0.717) is 17.5 Å². The molecule has 1 aromatic heterocycles. The van der Waals surface area contributed by atoms with Gasteiger partial charge >= 0.3 is 6.09 Å². The quantitative estimate of drug-likeness (QED) is 0.797. The fourth-order valence-electron chi connectivity index (χ4n) is 2.35. The number of carbonyl (C=O) groups is 1. The number of carbonyl (C=O) groups excluding carboxylic acids is 1. The minimum atomic E-state index is -1.32. The molecule has 2 heterocycles. The third kappa shape index (κ3) is 4.50. The van der Waals surface area contributed by atoms with Crippen LogP contribution in [-0.4, -0.2) is 49.1 Å². The molecule has 0 saturated carbocycles. The molecule has 122 valence electrons. The Balaban J connectivity index is 2.02. The Morgan fingerprint density at radius 2 is 2.23 bits per heavy atom. The summed E-state index contributed by atoms with van der Waals surface area (Å²) < 4.78 is 17.8. The molecule has 6 nitrogen and oxygen atoms in total. The van der Waals surface area contributed by atoms with E-state index in [4.69, 9.17) is 4.74 Å². The predicted molar refractivity (Wildman–Crippen MR) is 84.0 cm³/mol. The van der Waals surface area contributed by atoms with Crippen molar-refractivity contribution < 1.29 is 13.7 Å². The smallest absolute Gasteiger partial charge is 0.410 e. The number of hydrogen-bond donors (Lipinski definition) is 0. The molecule has 0 spiro atoms. The van der Waals surface area contributed by atoms with Gasteiger partial charge in [-0.15, -0.1) is 0 Å². The van der Waals surface area contributed by atoms with Crippen LogP contribution in [0.5, 0.6) is 0 Å². The molecule has 0 bridgehead atoms. The molecule has 2 atom stereocenters. The average Bonchev–Trinajstić information content (AvgIpc) is 2.85. The summed E-state index contributed by atoms with van der Waals surface area (Å²) in [5, 5.41) is 0.330. The van der Waals surface area contributed by atoms with Gasteiger partial charge in [0.05, 0.1) is 16.6 Å². The van der Waals surface area contributed by atoms with E-state index in [2.05, 4.69) is 9.97 Å². The van der Waals surface area contributed by atoms with Crippen LogP contribution in [0.1, 0.15) is 39.3 Å². The summed E-state index contributed by atoms with van der Waals surface area (Å²) in [7, 11) is -1.32. The summed E-state index contributed by atoms with van der Waals surface area (Å²) >= 11 is 0. The maximum absolute atomic E-state index is 12.4. The minimum Gasteiger partial charge on any atom is -0.444 e. The Labute approximate surface area is 133 Å². The molecule has 0 unspecified atom stereocenters. The fraction of sp³-hybridized carbons (Fsp3) is 0.667. The van der Waals surface area contributed by atoms with Crippen LogP contribution in [0.3, 0.4) is 0 Å². The highest BCUT2D eigenvalue weighted by molar-refractivity contribution is 7.84. The lowest BCUT2D eigenvalue weighted by molar-refractivity contribution is 0.0241. The van der Waals surface area contributed by atoms with Crippen molar-refractivity contribution in [2.45, 2.75) is 57.3 Å². The molecule has 1 aliphatic heterocycles. The lowest BCUT2D eigenvalue weighted by atomic mass is 10.2. The normalized spacial score (nSPS) is 20.0. The van der Waals surface area contributed by atoms with Crippen LogP contribution in [0, 0.1) is 6.92 Å². The zero-order valence-electron chi connectivity index (χ0n) is 13.5. The van der Waals surface area contributed by atoms with Crippen LogP contribution >= 0.6 is 0 Å². The molecular formula is C15H23N3O3S. The van der Waals surface area contributed by atoms with E-state index < -0.39 is 16.4 Å². The van der Waals surface area contributed by atoms with Gasteiger partial charge in [-0.05, 0) is 46.6 Å². The fourth-order valence-corrected chi connectivity index (χ4v) is 3.62. The Kier molecular flexibility index (Phi) is 5.16. The maximum atomic E-state index is 12.4. The lowest BCUT2D eigenvalue weighted by Gasteiger charge is -2.28. The average molecular weight is 325 g/mol. The highest BCUT2D eigenvalue weighted by Gasteiger charge is 2.33.